The Morgan fingerprint density at radius 2 is 1.63 bits per heavy atom. The largest absolute Gasteiger partial charge is 0.495 e. The van der Waals surface area contributed by atoms with Crippen molar-refractivity contribution in [1.82, 2.24) is 0 Å². The van der Waals surface area contributed by atoms with E-state index in [0.29, 0.717) is 17.8 Å². The first-order chi connectivity index (χ1) is 12.3. The van der Waals surface area contributed by atoms with Crippen LogP contribution in [0, 0.1) is 0 Å². The molecule has 1 unspecified atom stereocenters. The number of rotatable bonds is 4. The van der Waals surface area contributed by atoms with Crippen molar-refractivity contribution in [3.05, 3.63) is 23.8 Å². The maximum absolute atomic E-state index is 11.2. The lowest BCUT2D eigenvalue weighted by Gasteiger charge is -2.09. The third-order valence-electron chi connectivity index (χ3n) is 3.16. The fourth-order valence-electron chi connectivity index (χ4n) is 2.06. The predicted octanol–water partition coefficient (Wildman–Crippen LogP) is -0.0517. The predicted molar refractivity (Wildman–Crippen MR) is 78.7 cm³/mol. The smallest absolute Gasteiger partial charge is 0.479 e. The van der Waals surface area contributed by atoms with Crippen LogP contribution in [-0.2, 0) is 14.2 Å². The lowest BCUT2D eigenvalue weighted by Crippen LogP contribution is -2.39. The Bertz CT molecular complexity index is 673. The molecule has 0 amide bonds. The number of ether oxygens (including phenoxy) is 1. The zero-order valence-corrected chi connectivity index (χ0v) is 13.3. The molecule has 1 heterocycles. The molecule has 2 rings (SSSR count). The molecular weight excluding hydrogens is 389 g/mol. The zero-order valence-electron chi connectivity index (χ0n) is 13.3. The van der Waals surface area contributed by atoms with E-state index in [1.165, 1.54) is 0 Å². The topological polar surface area (TPSA) is 125 Å². The molecule has 0 bridgehead atoms. The summed E-state index contributed by atoms with van der Waals surface area (Å²) in [5.41, 5.74) is 12.3. The summed E-state index contributed by atoms with van der Waals surface area (Å²) < 4.78 is 77.4. The number of nitrogens with two attached hydrogens (primary N) is 2. The summed E-state index contributed by atoms with van der Waals surface area (Å²) in [5.74, 6) is -6.26. The van der Waals surface area contributed by atoms with Gasteiger partial charge in [0, 0.05) is 12.0 Å². The number of Topliss-reactive ketones (excluding diaryl/α,β-unsaturated/α-hetero) is 2. The molecule has 0 fully saturated rings. The maximum atomic E-state index is 11.2. The maximum Gasteiger partial charge on any atom is 0.495 e. The van der Waals surface area contributed by atoms with Gasteiger partial charge in [0.05, 0.1) is 6.10 Å². The minimum Gasteiger partial charge on any atom is -0.479 e. The number of benzene rings is 1. The van der Waals surface area contributed by atoms with Crippen LogP contribution in [0.4, 0.5) is 26.3 Å². The van der Waals surface area contributed by atoms with Gasteiger partial charge in [-0.05, 0) is 11.6 Å². The molecule has 14 heteroatoms. The van der Waals surface area contributed by atoms with Crippen molar-refractivity contribution >= 4 is 24.1 Å². The highest BCUT2D eigenvalue weighted by atomic mass is 19.4. The number of carbonyl (C=O) groups is 2. The Hall–Kier alpha value is -2.16. The second kappa shape index (κ2) is 8.69. The standard InChI is InChI=1S/C9H13BN2O3.C4F6O2/c11-4-8-6-2-1-3-7(14-5-12)9(6)10(13)15-8;5-3(6,7)1(11)2(12)4(8,9)10/h1-3,8,13H,4-5,11-12H2;. The molecule has 5 N–H and O–H groups in total. The number of hydrogen-bond acceptors (Lipinski definition) is 7. The van der Waals surface area contributed by atoms with Gasteiger partial charge in [-0.2, -0.15) is 26.3 Å². The fraction of sp³-hybridized carbons (Fsp3) is 0.385. The Balaban J connectivity index is 0.000000279. The Morgan fingerprint density at radius 1 is 1.11 bits per heavy atom. The van der Waals surface area contributed by atoms with Crippen LogP contribution in [-0.4, -0.2) is 49.3 Å². The number of ketones is 2. The van der Waals surface area contributed by atoms with E-state index in [0.717, 1.165) is 5.56 Å². The molecule has 0 radical (unpaired) electrons. The van der Waals surface area contributed by atoms with Gasteiger partial charge in [-0.25, -0.2) is 0 Å². The van der Waals surface area contributed by atoms with Crippen LogP contribution in [0.1, 0.15) is 11.7 Å². The molecule has 0 saturated heterocycles. The van der Waals surface area contributed by atoms with Crippen molar-refractivity contribution in [2.75, 3.05) is 13.3 Å². The van der Waals surface area contributed by atoms with Crippen molar-refractivity contribution in [1.29, 1.82) is 0 Å². The minimum atomic E-state index is -5.77. The first-order valence-corrected chi connectivity index (χ1v) is 7.06. The van der Waals surface area contributed by atoms with Crippen molar-refractivity contribution in [3.8, 4) is 5.75 Å². The van der Waals surface area contributed by atoms with E-state index in [-0.39, 0.29) is 12.8 Å². The number of halogens is 6. The van der Waals surface area contributed by atoms with E-state index in [1.54, 1.807) is 6.07 Å². The average molecular weight is 402 g/mol. The minimum absolute atomic E-state index is 0.0659. The second-order valence-corrected chi connectivity index (χ2v) is 4.94. The number of fused-ring (bicyclic) bond motifs is 1. The second-order valence-electron chi connectivity index (χ2n) is 4.94. The quantitative estimate of drug-likeness (QED) is 0.279. The molecule has 7 nitrogen and oxygen atoms in total. The summed E-state index contributed by atoms with van der Waals surface area (Å²) in [6.07, 6.45) is -11.8. The van der Waals surface area contributed by atoms with Gasteiger partial charge in [0.2, 0.25) is 0 Å². The summed E-state index contributed by atoms with van der Waals surface area (Å²) >= 11 is 0. The molecule has 1 atom stereocenters. The Kier molecular flexibility index (Phi) is 7.36. The van der Waals surface area contributed by atoms with Gasteiger partial charge in [-0.1, -0.05) is 12.1 Å². The van der Waals surface area contributed by atoms with Crippen LogP contribution < -0.4 is 21.7 Å². The molecule has 27 heavy (non-hydrogen) atoms. The third kappa shape index (κ3) is 5.66. The highest BCUT2D eigenvalue weighted by molar-refractivity contribution is 6.62. The first kappa shape index (κ1) is 22.9. The van der Waals surface area contributed by atoms with E-state index in [4.69, 9.17) is 20.9 Å². The zero-order chi connectivity index (χ0) is 21.0. The Morgan fingerprint density at radius 3 is 2.04 bits per heavy atom. The molecule has 0 aliphatic carbocycles. The van der Waals surface area contributed by atoms with Gasteiger partial charge in [0.25, 0.3) is 0 Å². The number of carbonyl (C=O) groups excluding carboxylic acids is 2. The van der Waals surface area contributed by atoms with Crippen molar-refractivity contribution < 1.29 is 50.3 Å². The first-order valence-electron chi connectivity index (χ1n) is 7.06. The molecule has 1 aliphatic heterocycles. The third-order valence-corrected chi connectivity index (χ3v) is 3.16. The van der Waals surface area contributed by atoms with Gasteiger partial charge in [-0.15, -0.1) is 0 Å². The van der Waals surface area contributed by atoms with E-state index < -0.39 is 31.0 Å². The lowest BCUT2D eigenvalue weighted by atomic mass is 9.78. The summed E-state index contributed by atoms with van der Waals surface area (Å²) in [4.78, 5) is 19.2. The summed E-state index contributed by atoms with van der Waals surface area (Å²) in [6.45, 7) is 0.395. The van der Waals surface area contributed by atoms with Crippen LogP contribution in [0.5, 0.6) is 5.75 Å². The molecule has 1 aromatic rings. The molecule has 1 aliphatic rings. The average Bonchev–Trinajstić information content (AvgIpc) is 2.90. The molecular formula is C13H13BF6N2O5. The van der Waals surface area contributed by atoms with Gasteiger partial charge in [0.15, 0.2) is 0 Å². The molecule has 0 aromatic heterocycles. The van der Waals surface area contributed by atoms with E-state index in [9.17, 15) is 41.0 Å². The summed E-state index contributed by atoms with van der Waals surface area (Å²) in [7, 11) is -0.976. The van der Waals surface area contributed by atoms with Gasteiger partial charge in [-0.3, -0.25) is 15.3 Å². The van der Waals surface area contributed by atoms with Crippen molar-refractivity contribution in [2.45, 2.75) is 18.5 Å². The molecule has 0 saturated carbocycles. The van der Waals surface area contributed by atoms with Crippen LogP contribution in [0.3, 0.4) is 0 Å². The summed E-state index contributed by atoms with van der Waals surface area (Å²) in [5, 5.41) is 9.69. The van der Waals surface area contributed by atoms with Crippen molar-refractivity contribution in [2.24, 2.45) is 11.5 Å². The summed E-state index contributed by atoms with van der Waals surface area (Å²) in [6, 6.07) is 5.44. The van der Waals surface area contributed by atoms with Crippen LogP contribution in [0.25, 0.3) is 0 Å². The highest BCUT2D eigenvalue weighted by Crippen LogP contribution is 2.26. The number of hydrogen-bond donors (Lipinski definition) is 3. The normalized spacial score (nSPS) is 16.3. The van der Waals surface area contributed by atoms with E-state index >= 15 is 0 Å². The van der Waals surface area contributed by atoms with E-state index in [2.05, 4.69) is 0 Å². The van der Waals surface area contributed by atoms with Crippen LogP contribution in [0.15, 0.2) is 18.2 Å². The molecule has 1 aromatic carbocycles. The van der Waals surface area contributed by atoms with Gasteiger partial charge < -0.3 is 20.1 Å². The Labute approximate surface area is 148 Å². The van der Waals surface area contributed by atoms with Crippen molar-refractivity contribution in [3.63, 3.8) is 0 Å². The molecule has 0 spiro atoms. The van der Waals surface area contributed by atoms with E-state index in [1.807, 2.05) is 12.1 Å². The van der Waals surface area contributed by atoms with Gasteiger partial charge >= 0.3 is 31.0 Å². The monoisotopic (exact) mass is 402 g/mol. The molecule has 150 valence electrons. The van der Waals surface area contributed by atoms with Crippen LogP contribution in [0.2, 0.25) is 0 Å². The fourth-order valence-corrected chi connectivity index (χ4v) is 2.06. The highest BCUT2D eigenvalue weighted by Gasteiger charge is 2.54. The SMILES string of the molecule is NCOc1cccc2c1B(O)OC2CN.O=C(C(=O)C(F)(F)F)C(F)(F)F. The van der Waals surface area contributed by atoms with Gasteiger partial charge in [0.1, 0.15) is 12.5 Å². The number of alkyl halides is 6. The van der Waals surface area contributed by atoms with Crippen LogP contribution >= 0.6 is 0 Å². The lowest BCUT2D eigenvalue weighted by molar-refractivity contribution is -0.193.